The standard InChI is InChI=1S/C20H22N2OS/c1-15(18-9-5-7-17-6-3-4-8-19(17)18)21-20(23)13-22(2)12-16-10-11-24-14-16/h3-11,14-15H,12-13H2,1-2H3,(H,21,23)/t15-/m1/s1. The summed E-state index contributed by atoms with van der Waals surface area (Å²) in [4.78, 5) is 14.4. The molecule has 0 saturated carbocycles. The van der Waals surface area contributed by atoms with Crippen molar-refractivity contribution < 1.29 is 4.79 Å². The first-order valence-corrected chi connectivity index (χ1v) is 9.04. The summed E-state index contributed by atoms with van der Waals surface area (Å²) >= 11 is 1.68. The van der Waals surface area contributed by atoms with E-state index in [-0.39, 0.29) is 11.9 Å². The molecule has 1 aromatic heterocycles. The molecule has 0 radical (unpaired) electrons. The smallest absolute Gasteiger partial charge is 0.234 e. The van der Waals surface area contributed by atoms with Crippen LogP contribution in [0.3, 0.4) is 0 Å². The van der Waals surface area contributed by atoms with Crippen LogP contribution < -0.4 is 5.32 Å². The van der Waals surface area contributed by atoms with Gasteiger partial charge in [-0.1, -0.05) is 42.5 Å². The second-order valence-corrected chi connectivity index (χ2v) is 6.94. The zero-order chi connectivity index (χ0) is 16.9. The van der Waals surface area contributed by atoms with Gasteiger partial charge in [-0.05, 0) is 52.7 Å². The lowest BCUT2D eigenvalue weighted by molar-refractivity contribution is -0.122. The number of carbonyl (C=O) groups excluding carboxylic acids is 1. The van der Waals surface area contributed by atoms with Gasteiger partial charge in [0.15, 0.2) is 0 Å². The molecule has 0 aliphatic carbocycles. The largest absolute Gasteiger partial charge is 0.348 e. The van der Waals surface area contributed by atoms with Crippen LogP contribution in [0.5, 0.6) is 0 Å². The average Bonchev–Trinajstić information content (AvgIpc) is 3.06. The highest BCUT2D eigenvalue weighted by Gasteiger charge is 2.13. The molecule has 3 rings (SSSR count). The van der Waals surface area contributed by atoms with Crippen molar-refractivity contribution in [3.8, 4) is 0 Å². The van der Waals surface area contributed by atoms with Crippen LogP contribution in [0.15, 0.2) is 59.3 Å². The van der Waals surface area contributed by atoms with Crippen molar-refractivity contribution in [2.75, 3.05) is 13.6 Å². The SMILES string of the molecule is C[C@@H](NC(=O)CN(C)Cc1ccsc1)c1cccc2ccccc12. The van der Waals surface area contributed by atoms with Crippen LogP contribution >= 0.6 is 11.3 Å². The van der Waals surface area contributed by atoms with Crippen molar-refractivity contribution in [1.29, 1.82) is 0 Å². The van der Waals surface area contributed by atoms with Crippen molar-refractivity contribution in [3.05, 3.63) is 70.4 Å². The monoisotopic (exact) mass is 338 g/mol. The molecule has 0 aliphatic rings. The Morgan fingerprint density at radius 1 is 1.17 bits per heavy atom. The zero-order valence-electron chi connectivity index (χ0n) is 14.0. The van der Waals surface area contributed by atoms with Crippen molar-refractivity contribution >= 4 is 28.0 Å². The van der Waals surface area contributed by atoms with Crippen LogP contribution in [0.25, 0.3) is 10.8 Å². The van der Waals surface area contributed by atoms with E-state index in [2.05, 4.69) is 46.4 Å². The third-order valence-electron chi connectivity index (χ3n) is 4.11. The van der Waals surface area contributed by atoms with E-state index in [9.17, 15) is 4.79 Å². The highest BCUT2D eigenvalue weighted by atomic mass is 32.1. The molecule has 124 valence electrons. The number of nitrogens with one attached hydrogen (secondary N) is 1. The van der Waals surface area contributed by atoms with E-state index in [1.165, 1.54) is 16.3 Å². The Bertz CT molecular complexity index is 808. The second-order valence-electron chi connectivity index (χ2n) is 6.16. The van der Waals surface area contributed by atoms with Crippen LogP contribution in [-0.4, -0.2) is 24.4 Å². The summed E-state index contributed by atoms with van der Waals surface area (Å²) in [5.74, 6) is 0.0492. The molecule has 0 spiro atoms. The van der Waals surface area contributed by atoms with Crippen LogP contribution in [0.2, 0.25) is 0 Å². The van der Waals surface area contributed by atoms with Gasteiger partial charge in [0, 0.05) is 6.54 Å². The second kappa shape index (κ2) is 7.60. The fourth-order valence-corrected chi connectivity index (χ4v) is 3.65. The van der Waals surface area contributed by atoms with E-state index < -0.39 is 0 Å². The molecule has 0 bridgehead atoms. The van der Waals surface area contributed by atoms with Gasteiger partial charge in [0.2, 0.25) is 5.91 Å². The number of thiophene rings is 1. The molecule has 0 unspecified atom stereocenters. The molecule has 2 aromatic carbocycles. The highest BCUT2D eigenvalue weighted by molar-refractivity contribution is 7.07. The summed E-state index contributed by atoms with van der Waals surface area (Å²) < 4.78 is 0. The van der Waals surface area contributed by atoms with Crippen molar-refractivity contribution in [2.24, 2.45) is 0 Å². The molecule has 1 N–H and O–H groups in total. The summed E-state index contributed by atoms with van der Waals surface area (Å²) in [6, 6.07) is 16.6. The maximum atomic E-state index is 12.4. The third-order valence-corrected chi connectivity index (χ3v) is 4.85. The van der Waals surface area contributed by atoms with Gasteiger partial charge in [0.05, 0.1) is 12.6 Å². The van der Waals surface area contributed by atoms with Crippen molar-refractivity contribution in [2.45, 2.75) is 19.5 Å². The predicted molar refractivity (Wildman–Crippen MR) is 101 cm³/mol. The third kappa shape index (κ3) is 4.02. The first-order valence-electron chi connectivity index (χ1n) is 8.10. The highest BCUT2D eigenvalue weighted by Crippen LogP contribution is 2.23. The minimum atomic E-state index is -0.0156. The van der Waals surface area contributed by atoms with Crippen molar-refractivity contribution in [3.63, 3.8) is 0 Å². The Morgan fingerprint density at radius 2 is 1.96 bits per heavy atom. The van der Waals surface area contributed by atoms with E-state index in [0.717, 1.165) is 12.1 Å². The fourth-order valence-electron chi connectivity index (χ4n) is 2.99. The van der Waals surface area contributed by atoms with E-state index in [0.29, 0.717) is 6.54 Å². The van der Waals surface area contributed by atoms with E-state index in [1.807, 2.05) is 37.1 Å². The van der Waals surface area contributed by atoms with Crippen LogP contribution in [-0.2, 0) is 11.3 Å². The maximum Gasteiger partial charge on any atom is 0.234 e. The van der Waals surface area contributed by atoms with Gasteiger partial charge in [-0.15, -0.1) is 0 Å². The van der Waals surface area contributed by atoms with Crippen LogP contribution in [0, 0.1) is 0 Å². The summed E-state index contributed by atoms with van der Waals surface area (Å²) in [6.45, 7) is 3.23. The lowest BCUT2D eigenvalue weighted by Gasteiger charge is -2.20. The van der Waals surface area contributed by atoms with Gasteiger partial charge in [-0.25, -0.2) is 0 Å². The molecule has 3 nitrogen and oxygen atoms in total. The molecule has 3 aromatic rings. The molecule has 4 heteroatoms. The zero-order valence-corrected chi connectivity index (χ0v) is 14.8. The van der Waals surface area contributed by atoms with E-state index in [4.69, 9.17) is 0 Å². The van der Waals surface area contributed by atoms with Crippen LogP contribution in [0.4, 0.5) is 0 Å². The van der Waals surface area contributed by atoms with Gasteiger partial charge in [-0.2, -0.15) is 11.3 Å². The van der Waals surface area contributed by atoms with Gasteiger partial charge in [0.1, 0.15) is 0 Å². The number of hydrogen-bond acceptors (Lipinski definition) is 3. The molecule has 24 heavy (non-hydrogen) atoms. The molecule has 1 amide bonds. The Kier molecular flexibility index (Phi) is 5.28. The minimum absolute atomic E-state index is 0.0156. The van der Waals surface area contributed by atoms with Gasteiger partial charge >= 0.3 is 0 Å². The Morgan fingerprint density at radius 3 is 2.75 bits per heavy atom. The summed E-state index contributed by atoms with van der Waals surface area (Å²) in [5, 5.41) is 9.69. The maximum absolute atomic E-state index is 12.4. The lowest BCUT2D eigenvalue weighted by Crippen LogP contribution is -2.36. The predicted octanol–water partition coefficient (Wildman–Crippen LogP) is 4.21. The first kappa shape index (κ1) is 16.7. The molecular weight excluding hydrogens is 316 g/mol. The topological polar surface area (TPSA) is 32.3 Å². The number of fused-ring (bicyclic) bond motifs is 1. The minimum Gasteiger partial charge on any atom is -0.348 e. The van der Waals surface area contributed by atoms with Crippen molar-refractivity contribution in [1.82, 2.24) is 10.2 Å². The van der Waals surface area contributed by atoms with Gasteiger partial charge < -0.3 is 5.32 Å². The average molecular weight is 338 g/mol. The molecule has 0 fully saturated rings. The number of rotatable bonds is 6. The number of benzene rings is 2. The number of hydrogen-bond donors (Lipinski definition) is 1. The molecule has 0 saturated heterocycles. The molecule has 0 aliphatic heterocycles. The number of nitrogens with zero attached hydrogens (tertiary/aromatic N) is 1. The summed E-state index contributed by atoms with van der Waals surface area (Å²) in [5.41, 5.74) is 2.40. The first-order chi connectivity index (χ1) is 11.6. The molecule has 1 heterocycles. The molecular formula is C20H22N2OS. The Labute approximate surface area is 146 Å². The number of amides is 1. The van der Waals surface area contributed by atoms with Gasteiger partial charge in [-0.3, -0.25) is 9.69 Å². The Hall–Kier alpha value is -2.17. The van der Waals surface area contributed by atoms with Crippen LogP contribution in [0.1, 0.15) is 24.1 Å². The van der Waals surface area contributed by atoms with E-state index >= 15 is 0 Å². The van der Waals surface area contributed by atoms with E-state index in [1.54, 1.807) is 11.3 Å². The Balaban J connectivity index is 1.63. The van der Waals surface area contributed by atoms with Gasteiger partial charge in [0.25, 0.3) is 0 Å². The lowest BCUT2D eigenvalue weighted by atomic mass is 10.00. The number of likely N-dealkylation sites (N-methyl/N-ethyl adjacent to an activating group) is 1. The molecule has 1 atom stereocenters. The summed E-state index contributed by atoms with van der Waals surface area (Å²) in [7, 11) is 1.97. The normalized spacial score (nSPS) is 12.5. The summed E-state index contributed by atoms with van der Waals surface area (Å²) in [6.07, 6.45) is 0. The quantitative estimate of drug-likeness (QED) is 0.730. The number of carbonyl (C=O) groups is 1. The fraction of sp³-hybridized carbons (Fsp3) is 0.250.